The Bertz CT molecular complexity index is 1280. The van der Waals surface area contributed by atoms with E-state index in [-0.39, 0.29) is 23.4 Å². The number of amides is 2. The molecule has 37 heavy (non-hydrogen) atoms. The maximum Gasteiger partial charge on any atom is 0.264 e. The number of carbonyl (C=O) groups is 2. The molecule has 0 aliphatic rings. The molecule has 0 aromatic heterocycles. The molecule has 0 unspecified atom stereocenters. The lowest BCUT2D eigenvalue weighted by Crippen LogP contribution is -2.52. The molecule has 0 aliphatic carbocycles. The topological polar surface area (TPSA) is 86.8 Å². The number of benzene rings is 3. The van der Waals surface area contributed by atoms with E-state index in [1.807, 2.05) is 51.1 Å². The first-order valence-corrected chi connectivity index (χ1v) is 13.9. The van der Waals surface area contributed by atoms with Gasteiger partial charge in [-0.3, -0.25) is 13.9 Å². The second-order valence-corrected chi connectivity index (χ2v) is 11.0. The van der Waals surface area contributed by atoms with Crippen LogP contribution in [0.3, 0.4) is 0 Å². The fourth-order valence-corrected chi connectivity index (χ4v) is 5.20. The monoisotopic (exact) mass is 521 g/mol. The highest BCUT2D eigenvalue weighted by molar-refractivity contribution is 7.92. The van der Waals surface area contributed by atoms with Crippen molar-refractivity contribution < 1.29 is 18.0 Å². The number of nitrogens with one attached hydrogen (secondary N) is 1. The van der Waals surface area contributed by atoms with E-state index in [0.717, 1.165) is 21.9 Å². The Balaban J connectivity index is 1.98. The van der Waals surface area contributed by atoms with Crippen molar-refractivity contribution in [2.45, 2.75) is 57.6 Å². The Morgan fingerprint density at radius 2 is 1.43 bits per heavy atom. The van der Waals surface area contributed by atoms with Gasteiger partial charge < -0.3 is 10.2 Å². The molecule has 0 saturated carbocycles. The lowest BCUT2D eigenvalue weighted by molar-refractivity contribution is -0.139. The number of anilines is 1. The van der Waals surface area contributed by atoms with Gasteiger partial charge in [0.25, 0.3) is 10.0 Å². The fraction of sp³-hybridized carbons (Fsp3) is 0.310. The molecule has 0 aliphatic heterocycles. The van der Waals surface area contributed by atoms with Crippen LogP contribution in [0.1, 0.15) is 38.3 Å². The van der Waals surface area contributed by atoms with Crippen molar-refractivity contribution in [2.24, 2.45) is 0 Å². The van der Waals surface area contributed by atoms with Crippen LogP contribution in [-0.2, 0) is 26.2 Å². The molecule has 196 valence electrons. The van der Waals surface area contributed by atoms with Crippen LogP contribution in [0.5, 0.6) is 0 Å². The van der Waals surface area contributed by atoms with E-state index >= 15 is 0 Å². The van der Waals surface area contributed by atoms with Gasteiger partial charge in [-0.05, 0) is 57.0 Å². The van der Waals surface area contributed by atoms with Gasteiger partial charge in [-0.25, -0.2) is 8.42 Å². The minimum absolute atomic E-state index is 0.0497. The van der Waals surface area contributed by atoms with Crippen molar-refractivity contribution >= 4 is 27.5 Å². The number of para-hydroxylation sites is 1. The van der Waals surface area contributed by atoms with E-state index in [4.69, 9.17) is 0 Å². The Kier molecular flexibility index (Phi) is 9.47. The maximum atomic E-state index is 13.8. The predicted molar refractivity (Wildman–Crippen MR) is 147 cm³/mol. The van der Waals surface area contributed by atoms with E-state index in [1.165, 1.54) is 17.0 Å². The Hall–Kier alpha value is -3.65. The van der Waals surface area contributed by atoms with Gasteiger partial charge in [-0.15, -0.1) is 0 Å². The highest BCUT2D eigenvalue weighted by atomic mass is 32.2. The van der Waals surface area contributed by atoms with Crippen LogP contribution >= 0.6 is 0 Å². The van der Waals surface area contributed by atoms with Gasteiger partial charge in [0, 0.05) is 12.6 Å². The zero-order chi connectivity index (χ0) is 27.0. The second-order valence-electron chi connectivity index (χ2n) is 9.16. The van der Waals surface area contributed by atoms with Gasteiger partial charge >= 0.3 is 0 Å². The molecule has 0 spiro atoms. The van der Waals surface area contributed by atoms with Crippen molar-refractivity contribution in [2.75, 3.05) is 10.8 Å². The Labute approximate surface area is 220 Å². The van der Waals surface area contributed by atoms with E-state index in [9.17, 15) is 18.0 Å². The highest BCUT2D eigenvalue weighted by Gasteiger charge is 2.32. The lowest BCUT2D eigenvalue weighted by atomic mass is 10.1. The molecular weight excluding hydrogens is 486 g/mol. The van der Waals surface area contributed by atoms with Gasteiger partial charge in [0.05, 0.1) is 10.6 Å². The summed E-state index contributed by atoms with van der Waals surface area (Å²) in [7, 11) is -4.06. The number of sulfonamides is 1. The lowest BCUT2D eigenvalue weighted by Gasteiger charge is -2.32. The average molecular weight is 522 g/mol. The molecule has 2 amide bonds. The summed E-state index contributed by atoms with van der Waals surface area (Å²) >= 11 is 0. The third kappa shape index (κ3) is 7.20. The third-order valence-electron chi connectivity index (χ3n) is 6.30. The molecule has 0 heterocycles. The van der Waals surface area contributed by atoms with Gasteiger partial charge in [0.2, 0.25) is 11.8 Å². The maximum absolute atomic E-state index is 13.8. The highest BCUT2D eigenvalue weighted by Crippen LogP contribution is 2.24. The fourth-order valence-electron chi connectivity index (χ4n) is 3.79. The van der Waals surface area contributed by atoms with Crippen molar-refractivity contribution in [3.8, 4) is 0 Å². The number of hydrogen-bond donors (Lipinski definition) is 1. The van der Waals surface area contributed by atoms with Crippen LogP contribution in [0.25, 0.3) is 0 Å². The van der Waals surface area contributed by atoms with Crippen LogP contribution in [0.2, 0.25) is 0 Å². The largest absolute Gasteiger partial charge is 0.352 e. The molecule has 1 N–H and O–H groups in total. The van der Waals surface area contributed by atoms with Crippen molar-refractivity contribution in [3.05, 3.63) is 96.1 Å². The van der Waals surface area contributed by atoms with Gasteiger partial charge in [0.15, 0.2) is 0 Å². The number of aryl methyl sites for hydroxylation is 1. The van der Waals surface area contributed by atoms with Crippen LogP contribution in [-0.4, -0.2) is 43.8 Å². The average Bonchev–Trinajstić information content (AvgIpc) is 2.91. The van der Waals surface area contributed by atoms with E-state index < -0.39 is 28.5 Å². The summed E-state index contributed by atoms with van der Waals surface area (Å²) in [6, 6.07) is 23.5. The molecule has 7 nitrogen and oxygen atoms in total. The first kappa shape index (κ1) is 27.9. The normalized spacial score (nSPS) is 12.9. The minimum Gasteiger partial charge on any atom is -0.352 e. The van der Waals surface area contributed by atoms with Crippen molar-refractivity contribution in [3.63, 3.8) is 0 Å². The van der Waals surface area contributed by atoms with Crippen molar-refractivity contribution in [1.82, 2.24) is 10.2 Å². The summed E-state index contributed by atoms with van der Waals surface area (Å²) < 4.78 is 28.6. The molecule has 2 atom stereocenters. The quantitative estimate of drug-likeness (QED) is 0.402. The third-order valence-corrected chi connectivity index (χ3v) is 8.08. The van der Waals surface area contributed by atoms with Crippen molar-refractivity contribution in [1.29, 1.82) is 0 Å². The minimum atomic E-state index is -4.06. The molecule has 0 saturated heterocycles. The van der Waals surface area contributed by atoms with E-state index in [0.29, 0.717) is 5.69 Å². The predicted octanol–water partition coefficient (Wildman–Crippen LogP) is 4.52. The summed E-state index contributed by atoms with van der Waals surface area (Å²) in [6.45, 7) is 7.13. The Morgan fingerprint density at radius 3 is 2.00 bits per heavy atom. The molecule has 8 heteroatoms. The smallest absolute Gasteiger partial charge is 0.264 e. The zero-order valence-corrected chi connectivity index (χ0v) is 22.6. The van der Waals surface area contributed by atoms with Gasteiger partial charge in [-0.2, -0.15) is 0 Å². The van der Waals surface area contributed by atoms with Gasteiger partial charge in [0.1, 0.15) is 12.6 Å². The molecule has 0 fully saturated rings. The number of nitrogens with zero attached hydrogens (tertiary/aromatic N) is 2. The van der Waals surface area contributed by atoms with Gasteiger partial charge in [-0.1, -0.05) is 73.2 Å². The van der Waals surface area contributed by atoms with Crippen LogP contribution in [0.15, 0.2) is 89.8 Å². The molecule has 0 bridgehead atoms. The summed E-state index contributed by atoms with van der Waals surface area (Å²) in [5.74, 6) is -0.763. The number of hydrogen-bond acceptors (Lipinski definition) is 4. The molecule has 3 aromatic carbocycles. The van der Waals surface area contributed by atoms with E-state index in [2.05, 4.69) is 5.32 Å². The molecule has 3 aromatic rings. The number of rotatable bonds is 11. The summed E-state index contributed by atoms with van der Waals surface area (Å²) in [5.41, 5.74) is 2.14. The standard InChI is InChI=1S/C29H35N3O4S/c1-5-23(3)30-29(34)24(4)31(20-25-12-8-6-9-13-25)28(33)21-32(26-14-10-7-11-15-26)37(35,36)27-18-16-22(2)17-19-27/h6-19,23-24H,5,20-21H2,1-4H3,(H,30,34)/t23-,24+/m0/s1. The Morgan fingerprint density at radius 1 is 0.865 bits per heavy atom. The first-order chi connectivity index (χ1) is 17.6. The van der Waals surface area contributed by atoms with Crippen LogP contribution in [0, 0.1) is 6.92 Å². The molecule has 0 radical (unpaired) electrons. The number of carbonyl (C=O) groups excluding carboxylic acids is 2. The van der Waals surface area contributed by atoms with Crippen LogP contribution < -0.4 is 9.62 Å². The SMILES string of the molecule is CC[C@H](C)NC(=O)[C@@H](C)N(Cc1ccccc1)C(=O)CN(c1ccccc1)S(=O)(=O)c1ccc(C)cc1. The first-order valence-electron chi connectivity index (χ1n) is 12.4. The summed E-state index contributed by atoms with van der Waals surface area (Å²) in [5, 5.41) is 2.93. The second kappa shape index (κ2) is 12.5. The van der Waals surface area contributed by atoms with E-state index in [1.54, 1.807) is 49.4 Å². The zero-order valence-electron chi connectivity index (χ0n) is 21.8. The summed E-state index contributed by atoms with van der Waals surface area (Å²) in [6.07, 6.45) is 0.752. The summed E-state index contributed by atoms with van der Waals surface area (Å²) in [4.78, 5) is 28.4. The van der Waals surface area contributed by atoms with Crippen LogP contribution in [0.4, 0.5) is 5.69 Å². The molecular formula is C29H35N3O4S. The molecule has 3 rings (SSSR count).